The molecule has 1 atom stereocenters. The Bertz CT molecular complexity index is 1010. The van der Waals surface area contributed by atoms with Crippen LogP contribution in [0.15, 0.2) is 41.3 Å². The number of rotatable bonds is 7. The van der Waals surface area contributed by atoms with Crippen LogP contribution in [0.5, 0.6) is 5.75 Å². The summed E-state index contributed by atoms with van der Waals surface area (Å²) in [6.07, 6.45) is 2.31. The Morgan fingerprint density at radius 3 is 2.29 bits per heavy atom. The fourth-order valence-corrected chi connectivity index (χ4v) is 5.94. The molecule has 9 heteroatoms. The van der Waals surface area contributed by atoms with Gasteiger partial charge in [0.1, 0.15) is 5.75 Å². The van der Waals surface area contributed by atoms with Crippen LogP contribution in [-0.4, -0.2) is 42.8 Å². The summed E-state index contributed by atoms with van der Waals surface area (Å²) < 4.78 is 45.5. The van der Waals surface area contributed by atoms with Gasteiger partial charge < -0.3 is 10.1 Å². The van der Waals surface area contributed by atoms with Gasteiger partial charge in [-0.15, -0.1) is 11.8 Å². The molecule has 1 aliphatic heterocycles. The highest BCUT2D eigenvalue weighted by atomic mass is 35.5. The van der Waals surface area contributed by atoms with Crippen LogP contribution in [0.4, 0.5) is 13.2 Å². The first kappa shape index (κ1) is 25.2. The molecule has 0 radical (unpaired) electrons. The third kappa shape index (κ3) is 4.77. The van der Waals surface area contributed by atoms with E-state index in [1.807, 2.05) is 12.1 Å². The van der Waals surface area contributed by atoms with Gasteiger partial charge in [0.15, 0.2) is 0 Å². The standard InChI is InChI=1S/C25H28ClF3N2O2S/c1-33-19-14-17(25(27,28)29)15-20(34-2)21(19)23(32)30-22(16-6-8-18(26)9-7-16)24(10-5-11-24)31-12-3-4-13-31/h6-9,14-15,22H,3-5,10-13H2,1-2H3,(H,30,32). The Balaban J connectivity index is 1.75. The Hall–Kier alpha value is -1.90. The minimum Gasteiger partial charge on any atom is -0.496 e. The molecular formula is C25H28ClF3N2O2S. The molecule has 4 rings (SSSR count). The molecule has 0 aromatic heterocycles. The summed E-state index contributed by atoms with van der Waals surface area (Å²) >= 11 is 7.22. The lowest BCUT2D eigenvalue weighted by Crippen LogP contribution is -2.60. The summed E-state index contributed by atoms with van der Waals surface area (Å²) in [5.41, 5.74) is -0.00983. The van der Waals surface area contributed by atoms with Gasteiger partial charge in [0.25, 0.3) is 5.91 Å². The van der Waals surface area contributed by atoms with Crippen molar-refractivity contribution in [2.75, 3.05) is 26.5 Å². The molecule has 2 fully saturated rings. The van der Waals surface area contributed by atoms with Gasteiger partial charge in [0, 0.05) is 15.5 Å². The molecule has 1 saturated heterocycles. The van der Waals surface area contributed by atoms with Crippen LogP contribution in [0, 0.1) is 0 Å². The largest absolute Gasteiger partial charge is 0.496 e. The minimum absolute atomic E-state index is 0.0876. The summed E-state index contributed by atoms with van der Waals surface area (Å²) in [4.78, 5) is 16.4. The van der Waals surface area contributed by atoms with Crippen molar-refractivity contribution >= 4 is 29.3 Å². The number of hydrogen-bond acceptors (Lipinski definition) is 4. The molecule has 34 heavy (non-hydrogen) atoms. The van der Waals surface area contributed by atoms with E-state index in [0.717, 1.165) is 74.7 Å². The Labute approximate surface area is 207 Å². The number of nitrogens with zero attached hydrogens (tertiary/aromatic N) is 1. The van der Waals surface area contributed by atoms with E-state index in [-0.39, 0.29) is 27.8 Å². The molecule has 2 aromatic rings. The van der Waals surface area contributed by atoms with Crippen LogP contribution in [0.25, 0.3) is 0 Å². The lowest BCUT2D eigenvalue weighted by atomic mass is 9.68. The first-order chi connectivity index (χ1) is 16.2. The summed E-state index contributed by atoms with van der Waals surface area (Å²) in [5.74, 6) is -0.532. The van der Waals surface area contributed by atoms with Gasteiger partial charge in [-0.25, -0.2) is 0 Å². The van der Waals surface area contributed by atoms with E-state index in [0.29, 0.717) is 5.02 Å². The van der Waals surface area contributed by atoms with Gasteiger partial charge in [-0.3, -0.25) is 9.69 Å². The maximum absolute atomic E-state index is 13.7. The second-order valence-electron chi connectivity index (χ2n) is 8.86. The van der Waals surface area contributed by atoms with Crippen molar-refractivity contribution in [3.8, 4) is 5.75 Å². The lowest BCUT2D eigenvalue weighted by Gasteiger charge is -2.54. The van der Waals surface area contributed by atoms with Crippen LogP contribution in [0.3, 0.4) is 0 Å². The molecule has 0 bridgehead atoms. The molecule has 2 aliphatic rings. The number of amides is 1. The Kier molecular flexibility index (Phi) is 7.41. The molecule has 2 aromatic carbocycles. The quantitative estimate of drug-likeness (QED) is 0.425. The van der Waals surface area contributed by atoms with Gasteiger partial charge >= 0.3 is 6.18 Å². The monoisotopic (exact) mass is 512 g/mol. The van der Waals surface area contributed by atoms with Gasteiger partial charge in [0.05, 0.1) is 24.3 Å². The number of carbonyl (C=O) groups excluding carboxylic acids is 1. The van der Waals surface area contributed by atoms with Crippen LogP contribution in [0.1, 0.15) is 59.6 Å². The summed E-state index contributed by atoms with van der Waals surface area (Å²) in [6, 6.07) is 9.03. The molecule has 4 nitrogen and oxygen atoms in total. The third-order valence-corrected chi connectivity index (χ3v) is 8.05. The zero-order valence-electron chi connectivity index (χ0n) is 19.2. The first-order valence-electron chi connectivity index (χ1n) is 11.3. The molecule has 1 saturated carbocycles. The van der Waals surface area contributed by atoms with E-state index in [1.54, 1.807) is 18.4 Å². The number of carbonyl (C=O) groups is 1. The van der Waals surface area contributed by atoms with Crippen LogP contribution >= 0.6 is 23.4 Å². The highest BCUT2D eigenvalue weighted by molar-refractivity contribution is 7.98. The van der Waals surface area contributed by atoms with Gasteiger partial charge in [0.2, 0.25) is 0 Å². The Morgan fingerprint density at radius 1 is 1.15 bits per heavy atom. The molecule has 1 amide bonds. The van der Waals surface area contributed by atoms with Crippen molar-refractivity contribution in [3.63, 3.8) is 0 Å². The molecule has 1 aliphatic carbocycles. The molecule has 1 unspecified atom stereocenters. The number of nitrogens with one attached hydrogen (secondary N) is 1. The zero-order valence-corrected chi connectivity index (χ0v) is 20.7. The number of halogens is 4. The second-order valence-corrected chi connectivity index (χ2v) is 10.1. The average molecular weight is 513 g/mol. The van der Waals surface area contributed by atoms with E-state index in [4.69, 9.17) is 16.3 Å². The summed E-state index contributed by atoms with van der Waals surface area (Å²) in [5, 5.41) is 3.80. The normalized spacial score (nSPS) is 18.9. The third-order valence-electron chi connectivity index (χ3n) is 7.03. The van der Waals surface area contributed by atoms with Crippen molar-refractivity contribution in [2.45, 2.75) is 54.8 Å². The molecular weight excluding hydrogens is 485 g/mol. The minimum atomic E-state index is -4.54. The predicted molar refractivity (Wildman–Crippen MR) is 129 cm³/mol. The predicted octanol–water partition coefficient (Wildman–Crippen LogP) is 6.58. The topological polar surface area (TPSA) is 41.6 Å². The van der Waals surface area contributed by atoms with Gasteiger partial charge in [-0.2, -0.15) is 13.2 Å². The fraction of sp³-hybridized carbons (Fsp3) is 0.480. The van der Waals surface area contributed by atoms with E-state index < -0.39 is 17.6 Å². The van der Waals surface area contributed by atoms with Crippen molar-refractivity contribution in [1.82, 2.24) is 10.2 Å². The highest BCUT2D eigenvalue weighted by Crippen LogP contribution is 2.49. The van der Waals surface area contributed by atoms with Crippen LogP contribution < -0.4 is 10.1 Å². The van der Waals surface area contributed by atoms with E-state index in [2.05, 4.69) is 10.2 Å². The highest BCUT2D eigenvalue weighted by Gasteiger charge is 2.50. The number of hydrogen-bond donors (Lipinski definition) is 1. The molecule has 1 N–H and O–H groups in total. The number of likely N-dealkylation sites (tertiary alicyclic amines) is 1. The zero-order chi connectivity index (χ0) is 24.5. The van der Waals surface area contributed by atoms with Crippen molar-refractivity contribution in [3.05, 3.63) is 58.1 Å². The number of ether oxygens (including phenoxy) is 1. The maximum Gasteiger partial charge on any atom is 0.416 e. The Morgan fingerprint density at radius 2 is 1.79 bits per heavy atom. The van der Waals surface area contributed by atoms with Crippen molar-refractivity contribution < 1.29 is 22.7 Å². The first-order valence-corrected chi connectivity index (χ1v) is 12.9. The van der Waals surface area contributed by atoms with Crippen molar-refractivity contribution in [1.29, 1.82) is 0 Å². The fourth-order valence-electron chi connectivity index (χ4n) is 5.17. The van der Waals surface area contributed by atoms with E-state index in [1.165, 1.54) is 7.11 Å². The maximum atomic E-state index is 13.7. The number of methoxy groups -OCH3 is 1. The van der Waals surface area contributed by atoms with Crippen LogP contribution in [-0.2, 0) is 6.18 Å². The van der Waals surface area contributed by atoms with Crippen LogP contribution in [0.2, 0.25) is 5.02 Å². The number of alkyl halides is 3. The second kappa shape index (κ2) is 9.99. The smallest absolute Gasteiger partial charge is 0.416 e. The SMILES string of the molecule is COc1cc(C(F)(F)F)cc(SC)c1C(=O)NC(c1ccc(Cl)cc1)C1(N2CCCC2)CCC1. The van der Waals surface area contributed by atoms with Crippen molar-refractivity contribution in [2.24, 2.45) is 0 Å². The number of thioether (sulfide) groups is 1. The molecule has 1 heterocycles. The lowest BCUT2D eigenvalue weighted by molar-refractivity contribution is -0.137. The van der Waals surface area contributed by atoms with Gasteiger partial charge in [-0.1, -0.05) is 23.7 Å². The molecule has 184 valence electrons. The molecule has 0 spiro atoms. The van der Waals surface area contributed by atoms with Gasteiger partial charge in [-0.05, 0) is 81.3 Å². The summed E-state index contributed by atoms with van der Waals surface area (Å²) in [7, 11) is 1.28. The summed E-state index contributed by atoms with van der Waals surface area (Å²) in [6.45, 7) is 1.94. The number of benzene rings is 2. The van der Waals surface area contributed by atoms with E-state index >= 15 is 0 Å². The van der Waals surface area contributed by atoms with E-state index in [9.17, 15) is 18.0 Å². The average Bonchev–Trinajstić information content (AvgIpc) is 3.31.